The predicted octanol–water partition coefficient (Wildman–Crippen LogP) is 0.303. The number of phenols is 1. The monoisotopic (exact) mass is 455 g/mol. The van der Waals surface area contributed by atoms with Crippen molar-refractivity contribution in [3.63, 3.8) is 0 Å². The Bertz CT molecular complexity index is 965. The van der Waals surface area contributed by atoms with Crippen LogP contribution in [0.5, 0.6) is 5.75 Å². The molecular formula is C17H18AsNO9. The van der Waals surface area contributed by atoms with E-state index in [9.17, 15) is 23.2 Å². The van der Waals surface area contributed by atoms with Crippen molar-refractivity contribution < 1.29 is 41.6 Å². The third-order valence-corrected chi connectivity index (χ3v) is 5.43. The van der Waals surface area contributed by atoms with Gasteiger partial charge < -0.3 is 10.2 Å². The largest absolute Gasteiger partial charge is 0.478 e. The van der Waals surface area contributed by atoms with Gasteiger partial charge in [0, 0.05) is 0 Å². The van der Waals surface area contributed by atoms with Crippen LogP contribution in [-0.2, 0) is 8.53 Å². The molecule has 0 saturated carbocycles. The molecule has 0 spiro atoms. The average molecular weight is 455 g/mol. The van der Waals surface area contributed by atoms with E-state index >= 15 is 0 Å². The van der Waals surface area contributed by atoms with Crippen molar-refractivity contribution in [2.24, 2.45) is 0 Å². The zero-order valence-electron chi connectivity index (χ0n) is 14.8. The predicted molar refractivity (Wildman–Crippen MR) is 98.0 cm³/mol. The summed E-state index contributed by atoms with van der Waals surface area (Å²) in [5.74, 6) is -3.08. The maximum atomic E-state index is 10.9. The van der Waals surface area contributed by atoms with Crippen molar-refractivity contribution in [1.29, 1.82) is 0 Å². The van der Waals surface area contributed by atoms with Crippen LogP contribution in [0.4, 0.5) is 5.69 Å². The number of phenolic OH excluding ortho intramolecular Hbond substituents is 1. The van der Waals surface area contributed by atoms with Crippen molar-refractivity contribution in [2.75, 3.05) is 5.32 Å². The van der Waals surface area contributed by atoms with Crippen LogP contribution in [0.1, 0.15) is 33.2 Å². The molecule has 0 heterocycles. The number of anilines is 1. The second kappa shape index (κ2) is 9.22. The van der Waals surface area contributed by atoms with E-state index in [4.69, 9.17) is 18.4 Å². The smallest absolute Gasteiger partial charge is 0.335 e. The zero-order chi connectivity index (χ0) is 21.6. The molecule has 28 heavy (non-hydrogen) atoms. The second-order valence-corrected chi connectivity index (χ2v) is 8.86. The van der Waals surface area contributed by atoms with Crippen LogP contribution in [0.15, 0.2) is 36.4 Å². The van der Waals surface area contributed by atoms with Gasteiger partial charge in [-0.3, -0.25) is 0 Å². The van der Waals surface area contributed by atoms with Crippen molar-refractivity contribution in [3.05, 3.63) is 53.1 Å². The fourth-order valence-electron chi connectivity index (χ4n) is 2.04. The van der Waals surface area contributed by atoms with Gasteiger partial charge in [0.25, 0.3) is 0 Å². The Kier molecular flexibility index (Phi) is 7.57. The summed E-state index contributed by atoms with van der Waals surface area (Å²) in [6.07, 6.45) is 0. The van der Waals surface area contributed by atoms with Crippen LogP contribution in [0.3, 0.4) is 0 Å². The molecule has 0 fully saturated rings. The number of carbonyl (C=O) groups is 3. The quantitative estimate of drug-likeness (QED) is 0.353. The van der Waals surface area contributed by atoms with E-state index in [1.807, 2.05) is 0 Å². The zero-order valence-corrected chi connectivity index (χ0v) is 16.7. The van der Waals surface area contributed by atoms with Crippen LogP contribution < -0.4 is 9.67 Å². The molecule has 11 heteroatoms. The molecule has 2 aromatic carbocycles. The Labute approximate surface area is 162 Å². The van der Waals surface area contributed by atoms with Crippen molar-refractivity contribution in [1.82, 2.24) is 0 Å². The van der Waals surface area contributed by atoms with Crippen molar-refractivity contribution >= 4 is 42.1 Å². The minimum absolute atomic E-state index is 0.0111. The van der Waals surface area contributed by atoms with Crippen molar-refractivity contribution in [2.45, 2.75) is 13.8 Å². The van der Waals surface area contributed by atoms with Crippen LogP contribution in [0, 0.1) is 6.92 Å². The second-order valence-electron chi connectivity index (χ2n) is 5.57. The number of carboxylic acid groups (broad SMARTS) is 2. The molecule has 150 valence electrons. The van der Waals surface area contributed by atoms with E-state index in [0.717, 1.165) is 18.2 Å². The molecule has 0 aromatic heterocycles. The number of amides is 1. The summed E-state index contributed by atoms with van der Waals surface area (Å²) >= 11 is -5.09. The molecule has 10 nitrogen and oxygen atoms in total. The van der Waals surface area contributed by atoms with Gasteiger partial charge in [-0.1, -0.05) is 6.07 Å². The van der Waals surface area contributed by atoms with Gasteiger partial charge in [-0.15, -0.1) is 0 Å². The minimum Gasteiger partial charge on any atom is -0.478 e. The molecule has 1 amide bonds. The maximum Gasteiger partial charge on any atom is 0.335 e. The minimum atomic E-state index is -5.09. The summed E-state index contributed by atoms with van der Waals surface area (Å²) in [7, 11) is 0. The molecular weight excluding hydrogens is 437 g/mol. The number of carboxylic acids is 2. The van der Waals surface area contributed by atoms with Gasteiger partial charge in [0.2, 0.25) is 0 Å². The van der Waals surface area contributed by atoms with E-state index in [-0.39, 0.29) is 22.7 Å². The number of hydrogen-bond donors (Lipinski definition) is 6. The number of nitrogens with one attached hydrogen (secondary N) is 1. The number of carbonyl (C=O) groups excluding carboxylic acids is 1. The fourth-order valence-corrected chi connectivity index (χ4v) is 3.36. The standard InChI is InChI=1S/C9H8O4.C8H10AsNO5/c1-5-2-3-6(8(10)11)4-7(5)9(12)13;1-5(11)10-6-2-3-7(8(12)4-6)9(13,14)15/h2-4H,1H3,(H,10,11)(H,12,13);2-4,12H,1H3,(H,10,11)(H2,13,14,15). The molecule has 0 aliphatic heterocycles. The molecule has 0 bridgehead atoms. The van der Waals surface area contributed by atoms with E-state index in [1.165, 1.54) is 25.1 Å². The Balaban J connectivity index is 0.000000283. The Morgan fingerprint density at radius 1 is 0.964 bits per heavy atom. The molecule has 0 unspecified atom stereocenters. The number of benzene rings is 2. The van der Waals surface area contributed by atoms with Gasteiger partial charge in [0.05, 0.1) is 11.1 Å². The molecule has 0 atom stereocenters. The number of rotatable bonds is 4. The summed E-state index contributed by atoms with van der Waals surface area (Å²) in [6.45, 7) is 2.91. The normalized spacial score (nSPS) is 10.4. The molecule has 0 saturated heterocycles. The Morgan fingerprint density at radius 2 is 1.57 bits per heavy atom. The van der Waals surface area contributed by atoms with Gasteiger partial charge in [0.15, 0.2) is 0 Å². The van der Waals surface area contributed by atoms with E-state index < -0.39 is 36.2 Å². The topological polar surface area (TPSA) is 181 Å². The van der Waals surface area contributed by atoms with Gasteiger partial charge in [-0.05, 0) is 24.6 Å². The van der Waals surface area contributed by atoms with Gasteiger partial charge in [-0.2, -0.15) is 0 Å². The van der Waals surface area contributed by atoms with Gasteiger partial charge in [-0.25, -0.2) is 9.59 Å². The first-order chi connectivity index (χ1) is 12.8. The third kappa shape index (κ3) is 6.58. The summed E-state index contributed by atoms with van der Waals surface area (Å²) in [6, 6.07) is 7.52. The van der Waals surface area contributed by atoms with Gasteiger partial charge in [0.1, 0.15) is 0 Å². The molecule has 2 rings (SSSR count). The first-order valence-corrected chi connectivity index (χ1v) is 10.9. The van der Waals surface area contributed by atoms with Crippen LogP contribution in [0.25, 0.3) is 0 Å². The molecule has 0 radical (unpaired) electrons. The van der Waals surface area contributed by atoms with Crippen molar-refractivity contribution in [3.8, 4) is 5.75 Å². The number of aromatic carboxylic acids is 2. The molecule has 0 aliphatic carbocycles. The van der Waals surface area contributed by atoms with Crippen LogP contribution >= 0.6 is 0 Å². The summed E-state index contributed by atoms with van der Waals surface area (Å²) in [5.41, 5.74) is 0.855. The van der Waals surface area contributed by atoms with E-state index in [1.54, 1.807) is 6.92 Å². The SMILES string of the molecule is CC(=O)Nc1ccc([As](=O)(O)O)c(O)c1.Cc1ccc(C(=O)O)cc1C(=O)O. The summed E-state index contributed by atoms with van der Waals surface area (Å²) < 4.78 is 28.2. The fraction of sp³-hybridized carbons (Fsp3) is 0.118. The molecule has 0 aliphatic rings. The first kappa shape index (κ1) is 23.0. The summed E-state index contributed by atoms with van der Waals surface area (Å²) in [4.78, 5) is 31.8. The van der Waals surface area contributed by atoms with Crippen LogP contribution in [0.2, 0.25) is 0 Å². The summed E-state index contributed by atoms with van der Waals surface area (Å²) in [5, 5.41) is 29.0. The molecule has 2 aromatic rings. The van der Waals surface area contributed by atoms with Crippen LogP contribution in [-0.4, -0.2) is 55.5 Å². The van der Waals surface area contributed by atoms with E-state index in [2.05, 4.69) is 5.32 Å². The number of aromatic hydroxyl groups is 1. The molecule has 6 N–H and O–H groups in total. The third-order valence-electron chi connectivity index (χ3n) is 3.32. The maximum absolute atomic E-state index is 10.9. The van der Waals surface area contributed by atoms with Gasteiger partial charge >= 0.3 is 100 Å². The number of hydrogen-bond acceptors (Lipinski definition) is 5. The average Bonchev–Trinajstić information content (AvgIpc) is 2.53. The first-order valence-electron chi connectivity index (χ1n) is 7.57. The van der Waals surface area contributed by atoms with E-state index in [0.29, 0.717) is 5.56 Å². The Hall–Kier alpha value is -3.07. The number of aryl methyl sites for hydroxylation is 1. The Morgan fingerprint density at radius 3 is 2.00 bits per heavy atom.